The van der Waals surface area contributed by atoms with Gasteiger partial charge in [-0.15, -0.1) is 0 Å². The molecular weight excluding hydrogens is 330 g/mol. The van der Waals surface area contributed by atoms with Crippen molar-refractivity contribution in [1.82, 2.24) is 24.5 Å². The molecule has 1 saturated heterocycles. The first-order valence-electron chi connectivity index (χ1n) is 7.80. The molecule has 3 aromatic rings. The highest BCUT2D eigenvalue weighted by atomic mass is 32.2. The lowest BCUT2D eigenvalue weighted by Gasteiger charge is -2.30. The summed E-state index contributed by atoms with van der Waals surface area (Å²) < 4.78 is 32.1. The van der Waals surface area contributed by atoms with Crippen LogP contribution in [0, 0.1) is 0 Å². The van der Waals surface area contributed by atoms with E-state index in [1.165, 1.54) is 4.31 Å². The second kappa shape index (κ2) is 5.99. The predicted octanol–water partition coefficient (Wildman–Crippen LogP) is 1.59. The molecule has 3 heterocycles. The van der Waals surface area contributed by atoms with E-state index < -0.39 is 10.0 Å². The lowest BCUT2D eigenvalue weighted by Crippen LogP contribution is -2.40. The van der Waals surface area contributed by atoms with E-state index in [9.17, 15) is 8.42 Å². The molecule has 8 nitrogen and oxygen atoms in total. The van der Waals surface area contributed by atoms with Crippen molar-refractivity contribution in [3.63, 3.8) is 0 Å². The van der Waals surface area contributed by atoms with Crippen LogP contribution in [0.2, 0.25) is 0 Å². The number of hydrogen-bond donors (Lipinski definition) is 0. The second-order valence-corrected chi connectivity index (χ2v) is 7.83. The molecule has 0 bridgehead atoms. The number of piperidine rings is 1. The van der Waals surface area contributed by atoms with E-state index in [1.807, 2.05) is 18.2 Å². The molecule has 0 unspecified atom stereocenters. The Morgan fingerprint density at radius 2 is 1.83 bits per heavy atom. The van der Waals surface area contributed by atoms with E-state index >= 15 is 0 Å². The quantitative estimate of drug-likeness (QED) is 0.711. The number of para-hydroxylation sites is 1. The zero-order chi connectivity index (χ0) is 16.6. The van der Waals surface area contributed by atoms with Crippen LogP contribution in [0.5, 0.6) is 0 Å². The first-order valence-corrected chi connectivity index (χ1v) is 9.41. The van der Waals surface area contributed by atoms with Crippen molar-refractivity contribution in [2.24, 2.45) is 0 Å². The molecule has 0 radical (unpaired) electrons. The minimum absolute atomic E-state index is 0.144. The Labute approximate surface area is 139 Å². The Morgan fingerprint density at radius 1 is 1.12 bits per heavy atom. The van der Waals surface area contributed by atoms with Gasteiger partial charge in [-0.2, -0.15) is 15.0 Å². The summed E-state index contributed by atoms with van der Waals surface area (Å²) in [6.45, 7) is 0.925. The fraction of sp³-hybridized carbons (Fsp3) is 0.400. The standard InChI is InChI=1S/C15H17N5O3S/c21-24(22,11-14-13-3-1-2-4-15(13)23-18-14)19-9-5-12(6-10-19)20-16-7-8-17-20/h1-4,7-8,12H,5-6,9-11H2. The van der Waals surface area contributed by atoms with Gasteiger partial charge in [0.25, 0.3) is 0 Å². The van der Waals surface area contributed by atoms with Gasteiger partial charge in [-0.25, -0.2) is 12.7 Å². The molecule has 0 N–H and O–H groups in total. The van der Waals surface area contributed by atoms with Gasteiger partial charge in [-0.05, 0) is 25.0 Å². The molecule has 24 heavy (non-hydrogen) atoms. The van der Waals surface area contributed by atoms with Gasteiger partial charge in [-0.1, -0.05) is 17.3 Å². The van der Waals surface area contributed by atoms with E-state index in [0.717, 1.165) is 5.39 Å². The lowest BCUT2D eigenvalue weighted by atomic mass is 10.1. The number of fused-ring (bicyclic) bond motifs is 1. The van der Waals surface area contributed by atoms with Gasteiger partial charge in [0.1, 0.15) is 11.4 Å². The smallest absolute Gasteiger partial charge is 0.220 e. The summed E-state index contributed by atoms with van der Waals surface area (Å²) in [6.07, 6.45) is 4.68. The maximum atomic E-state index is 12.7. The van der Waals surface area contributed by atoms with Crippen molar-refractivity contribution in [3.05, 3.63) is 42.4 Å². The normalized spacial score (nSPS) is 17.5. The van der Waals surface area contributed by atoms with Crippen molar-refractivity contribution in [3.8, 4) is 0 Å². The zero-order valence-corrected chi connectivity index (χ0v) is 13.8. The number of benzene rings is 1. The van der Waals surface area contributed by atoms with Crippen molar-refractivity contribution < 1.29 is 12.9 Å². The van der Waals surface area contributed by atoms with Crippen LogP contribution in [0.4, 0.5) is 0 Å². The third kappa shape index (κ3) is 2.80. The van der Waals surface area contributed by atoms with Gasteiger partial charge in [-0.3, -0.25) is 0 Å². The predicted molar refractivity (Wildman–Crippen MR) is 86.5 cm³/mol. The summed E-state index contributed by atoms with van der Waals surface area (Å²) in [6, 6.07) is 7.44. The Bertz CT molecular complexity index is 927. The van der Waals surface area contributed by atoms with Crippen LogP contribution >= 0.6 is 0 Å². The van der Waals surface area contributed by atoms with Crippen LogP contribution in [0.3, 0.4) is 0 Å². The largest absolute Gasteiger partial charge is 0.356 e. The zero-order valence-electron chi connectivity index (χ0n) is 12.9. The number of hydrogen-bond acceptors (Lipinski definition) is 6. The molecule has 4 rings (SSSR count). The lowest BCUT2D eigenvalue weighted by molar-refractivity contribution is 0.244. The van der Waals surface area contributed by atoms with Gasteiger partial charge >= 0.3 is 0 Å². The Kier molecular flexibility index (Phi) is 3.81. The molecule has 1 aliphatic rings. The molecule has 0 aliphatic carbocycles. The third-order valence-electron chi connectivity index (χ3n) is 4.35. The molecule has 126 valence electrons. The first-order chi connectivity index (χ1) is 11.6. The van der Waals surface area contributed by atoms with Gasteiger partial charge in [0.05, 0.1) is 18.4 Å². The van der Waals surface area contributed by atoms with Crippen molar-refractivity contribution in [1.29, 1.82) is 0 Å². The number of rotatable bonds is 4. The SMILES string of the molecule is O=S(=O)(Cc1noc2ccccc12)N1CCC(n2nccn2)CC1. The summed E-state index contributed by atoms with van der Waals surface area (Å²) in [5.41, 5.74) is 1.06. The number of sulfonamides is 1. The van der Waals surface area contributed by atoms with Crippen LogP contribution in [0.1, 0.15) is 24.6 Å². The summed E-state index contributed by atoms with van der Waals surface area (Å²) in [4.78, 5) is 1.66. The first kappa shape index (κ1) is 15.3. The van der Waals surface area contributed by atoms with E-state index in [4.69, 9.17) is 4.52 Å². The summed E-state index contributed by atoms with van der Waals surface area (Å²) in [7, 11) is -3.43. The Morgan fingerprint density at radius 3 is 2.58 bits per heavy atom. The minimum atomic E-state index is -3.43. The van der Waals surface area contributed by atoms with Gasteiger partial charge < -0.3 is 4.52 Å². The highest BCUT2D eigenvalue weighted by Crippen LogP contribution is 2.26. The van der Waals surface area contributed by atoms with Crippen molar-refractivity contribution in [2.75, 3.05) is 13.1 Å². The van der Waals surface area contributed by atoms with E-state index in [-0.39, 0.29) is 11.8 Å². The summed E-state index contributed by atoms with van der Waals surface area (Å²) >= 11 is 0. The molecule has 9 heteroatoms. The van der Waals surface area contributed by atoms with Crippen LogP contribution < -0.4 is 0 Å². The maximum Gasteiger partial charge on any atom is 0.220 e. The summed E-state index contributed by atoms with van der Waals surface area (Å²) in [5.74, 6) is -0.144. The number of nitrogens with zero attached hydrogens (tertiary/aromatic N) is 5. The highest BCUT2D eigenvalue weighted by Gasteiger charge is 2.30. The average molecular weight is 347 g/mol. The van der Waals surface area contributed by atoms with Gasteiger partial charge in [0.2, 0.25) is 10.0 Å². The minimum Gasteiger partial charge on any atom is -0.356 e. The molecular formula is C15H17N5O3S. The Balaban J connectivity index is 1.48. The van der Waals surface area contributed by atoms with Crippen LogP contribution in [0.25, 0.3) is 11.0 Å². The molecule has 1 aromatic carbocycles. The third-order valence-corrected chi connectivity index (χ3v) is 6.14. The average Bonchev–Trinajstić information content (AvgIpc) is 3.25. The van der Waals surface area contributed by atoms with Crippen LogP contribution in [-0.4, -0.2) is 46.0 Å². The molecule has 2 aromatic heterocycles. The van der Waals surface area contributed by atoms with Gasteiger partial charge in [0, 0.05) is 18.5 Å². The topological polar surface area (TPSA) is 94.1 Å². The Hall–Kier alpha value is -2.26. The van der Waals surface area contributed by atoms with Crippen LogP contribution in [0.15, 0.2) is 41.2 Å². The number of aromatic nitrogens is 4. The molecule has 1 aliphatic heterocycles. The molecule has 0 amide bonds. The summed E-state index contributed by atoms with van der Waals surface area (Å²) in [5, 5.41) is 12.9. The molecule has 0 saturated carbocycles. The molecule has 0 spiro atoms. The van der Waals surface area contributed by atoms with Crippen LogP contribution in [-0.2, 0) is 15.8 Å². The van der Waals surface area contributed by atoms with E-state index in [1.54, 1.807) is 23.3 Å². The fourth-order valence-corrected chi connectivity index (χ4v) is 4.58. The van der Waals surface area contributed by atoms with Gasteiger partial charge in [0.15, 0.2) is 5.58 Å². The second-order valence-electron chi connectivity index (χ2n) is 5.86. The van der Waals surface area contributed by atoms with Crippen molar-refractivity contribution >= 4 is 21.0 Å². The fourth-order valence-electron chi connectivity index (χ4n) is 3.07. The van der Waals surface area contributed by atoms with E-state index in [0.29, 0.717) is 37.2 Å². The van der Waals surface area contributed by atoms with Crippen molar-refractivity contribution in [2.45, 2.75) is 24.6 Å². The molecule has 1 fully saturated rings. The highest BCUT2D eigenvalue weighted by molar-refractivity contribution is 7.88. The monoisotopic (exact) mass is 347 g/mol. The van der Waals surface area contributed by atoms with E-state index in [2.05, 4.69) is 15.4 Å². The maximum absolute atomic E-state index is 12.7. The molecule has 0 atom stereocenters.